The summed E-state index contributed by atoms with van der Waals surface area (Å²) >= 11 is 0. The lowest BCUT2D eigenvalue weighted by Gasteiger charge is -2.19. The van der Waals surface area contributed by atoms with Gasteiger partial charge in [-0.3, -0.25) is 4.79 Å². The van der Waals surface area contributed by atoms with Gasteiger partial charge >= 0.3 is 5.97 Å². The molecule has 23 heavy (non-hydrogen) atoms. The van der Waals surface area contributed by atoms with Crippen LogP contribution in [-0.4, -0.2) is 32.4 Å². The molecule has 5 nitrogen and oxygen atoms in total. The number of hydrogen-bond acceptors (Lipinski definition) is 4. The topological polar surface area (TPSA) is 80.7 Å². The van der Waals surface area contributed by atoms with Gasteiger partial charge in [-0.2, -0.15) is 0 Å². The third kappa shape index (κ3) is 5.53. The van der Waals surface area contributed by atoms with E-state index in [1.54, 1.807) is 12.1 Å². The molecule has 1 rings (SSSR count). The third-order valence-electron chi connectivity index (χ3n) is 3.80. The summed E-state index contributed by atoms with van der Waals surface area (Å²) in [6.45, 7) is 3.87. The second-order valence-electron chi connectivity index (χ2n) is 5.66. The van der Waals surface area contributed by atoms with E-state index in [9.17, 15) is 13.2 Å². The van der Waals surface area contributed by atoms with Crippen LogP contribution in [-0.2, 0) is 14.6 Å². The average molecular weight is 342 g/mol. The molecule has 0 amide bonds. The summed E-state index contributed by atoms with van der Waals surface area (Å²) in [6, 6.07) is 4.77. The fraction of sp³-hybridized carbons (Fsp3) is 0.588. The Balaban J connectivity index is 3.21. The van der Waals surface area contributed by atoms with E-state index >= 15 is 0 Å². The normalized spacial score (nSPS) is 12.8. The van der Waals surface area contributed by atoms with Crippen molar-refractivity contribution in [3.63, 3.8) is 0 Å². The van der Waals surface area contributed by atoms with Crippen LogP contribution in [0.1, 0.15) is 57.4 Å². The second kappa shape index (κ2) is 8.91. The summed E-state index contributed by atoms with van der Waals surface area (Å²) in [6.07, 6.45) is 3.18. The van der Waals surface area contributed by atoms with Gasteiger partial charge in [0.15, 0.2) is 9.84 Å². The monoisotopic (exact) mass is 342 g/mol. The van der Waals surface area contributed by atoms with Gasteiger partial charge in [0.25, 0.3) is 0 Å². The molecule has 0 aliphatic rings. The molecule has 6 heteroatoms. The lowest BCUT2D eigenvalue weighted by atomic mass is 9.90. The van der Waals surface area contributed by atoms with E-state index in [0.717, 1.165) is 24.8 Å². The first-order valence-electron chi connectivity index (χ1n) is 7.98. The highest BCUT2D eigenvalue weighted by molar-refractivity contribution is 7.91. The van der Waals surface area contributed by atoms with Crippen molar-refractivity contribution < 1.29 is 23.1 Å². The van der Waals surface area contributed by atoms with Crippen LogP contribution in [0.2, 0.25) is 0 Å². The van der Waals surface area contributed by atoms with Gasteiger partial charge in [0, 0.05) is 0 Å². The number of carboxylic acids is 1. The summed E-state index contributed by atoms with van der Waals surface area (Å²) in [4.78, 5) is 11.3. The standard InChI is InChI=1S/C17H26O5S/c1-4-6-7-13(11-17(18)19)15-9-8-14(12-16(15)22-3)23(20,21)10-5-2/h8-9,12-13H,4-7,10-11H2,1-3H3,(H,18,19). The Bertz CT molecular complexity index is 622. The maximum atomic E-state index is 12.2. The number of benzene rings is 1. The molecule has 1 unspecified atom stereocenters. The van der Waals surface area contributed by atoms with Crippen LogP contribution < -0.4 is 4.74 Å². The molecular weight excluding hydrogens is 316 g/mol. The fourth-order valence-electron chi connectivity index (χ4n) is 2.64. The van der Waals surface area contributed by atoms with E-state index in [2.05, 4.69) is 6.92 Å². The van der Waals surface area contributed by atoms with Crippen LogP contribution in [0.4, 0.5) is 0 Å². The summed E-state index contributed by atoms with van der Waals surface area (Å²) in [5.41, 5.74) is 0.763. The predicted octanol–water partition coefficient (Wildman–Crippen LogP) is 3.63. The van der Waals surface area contributed by atoms with Gasteiger partial charge in [0.05, 0.1) is 24.2 Å². The Morgan fingerprint density at radius 2 is 1.96 bits per heavy atom. The molecule has 0 heterocycles. The summed E-state index contributed by atoms with van der Waals surface area (Å²) in [5.74, 6) is -0.505. The quantitative estimate of drug-likeness (QED) is 0.702. The largest absolute Gasteiger partial charge is 0.496 e. The van der Waals surface area contributed by atoms with Crippen molar-refractivity contribution in [2.45, 2.75) is 56.8 Å². The van der Waals surface area contributed by atoms with Crippen LogP contribution in [0.25, 0.3) is 0 Å². The number of carbonyl (C=O) groups is 1. The zero-order valence-electron chi connectivity index (χ0n) is 14.0. The van der Waals surface area contributed by atoms with Gasteiger partial charge in [0.1, 0.15) is 5.75 Å². The minimum absolute atomic E-state index is 0.0113. The third-order valence-corrected chi connectivity index (χ3v) is 5.72. The summed E-state index contributed by atoms with van der Waals surface area (Å²) < 4.78 is 29.7. The molecule has 0 aliphatic heterocycles. The highest BCUT2D eigenvalue weighted by Crippen LogP contribution is 2.34. The second-order valence-corrected chi connectivity index (χ2v) is 7.77. The maximum absolute atomic E-state index is 12.2. The lowest BCUT2D eigenvalue weighted by molar-refractivity contribution is -0.137. The number of carboxylic acid groups (broad SMARTS) is 1. The van der Waals surface area contributed by atoms with Crippen LogP contribution in [0.15, 0.2) is 23.1 Å². The van der Waals surface area contributed by atoms with E-state index < -0.39 is 15.8 Å². The number of ether oxygens (including phenoxy) is 1. The number of methoxy groups -OCH3 is 1. The van der Waals surface area contributed by atoms with Crippen molar-refractivity contribution in [3.8, 4) is 5.75 Å². The van der Waals surface area contributed by atoms with Crippen LogP contribution in [0.5, 0.6) is 5.75 Å². The molecule has 1 aromatic carbocycles. The van der Waals surface area contributed by atoms with Crippen molar-refractivity contribution >= 4 is 15.8 Å². The maximum Gasteiger partial charge on any atom is 0.303 e. The van der Waals surface area contributed by atoms with Crippen molar-refractivity contribution in [2.75, 3.05) is 12.9 Å². The molecule has 1 N–H and O–H groups in total. The van der Waals surface area contributed by atoms with Crippen molar-refractivity contribution in [2.24, 2.45) is 0 Å². The van der Waals surface area contributed by atoms with E-state index in [4.69, 9.17) is 9.84 Å². The van der Waals surface area contributed by atoms with Crippen molar-refractivity contribution in [3.05, 3.63) is 23.8 Å². The summed E-state index contributed by atoms with van der Waals surface area (Å²) in [5, 5.41) is 9.13. The Morgan fingerprint density at radius 1 is 1.26 bits per heavy atom. The minimum atomic E-state index is -3.32. The van der Waals surface area contributed by atoms with Gasteiger partial charge in [-0.15, -0.1) is 0 Å². The van der Waals surface area contributed by atoms with E-state index in [0.29, 0.717) is 12.2 Å². The molecule has 0 saturated carbocycles. The number of unbranched alkanes of at least 4 members (excludes halogenated alkanes) is 1. The first-order valence-corrected chi connectivity index (χ1v) is 9.63. The smallest absolute Gasteiger partial charge is 0.303 e. The zero-order valence-corrected chi connectivity index (χ0v) is 14.9. The first kappa shape index (κ1) is 19.5. The molecule has 0 aromatic heterocycles. The molecular formula is C17H26O5S. The van der Waals surface area contributed by atoms with Gasteiger partial charge in [-0.05, 0) is 36.5 Å². The van der Waals surface area contributed by atoms with Crippen molar-refractivity contribution in [1.29, 1.82) is 0 Å². The van der Waals surface area contributed by atoms with E-state index in [1.807, 2.05) is 6.92 Å². The molecule has 0 aliphatic carbocycles. The molecule has 0 saturated heterocycles. The first-order chi connectivity index (χ1) is 10.9. The number of rotatable bonds is 10. The number of aliphatic carboxylic acids is 1. The highest BCUT2D eigenvalue weighted by Gasteiger charge is 2.22. The Morgan fingerprint density at radius 3 is 2.48 bits per heavy atom. The van der Waals surface area contributed by atoms with Gasteiger partial charge in [0.2, 0.25) is 0 Å². The van der Waals surface area contributed by atoms with E-state index in [-0.39, 0.29) is 23.0 Å². The minimum Gasteiger partial charge on any atom is -0.496 e. The zero-order chi connectivity index (χ0) is 17.5. The molecule has 0 radical (unpaired) electrons. The molecule has 1 atom stereocenters. The van der Waals surface area contributed by atoms with Crippen LogP contribution in [0, 0.1) is 0 Å². The molecule has 0 bridgehead atoms. The molecule has 0 fully saturated rings. The fourth-order valence-corrected chi connectivity index (χ4v) is 3.97. The SMILES string of the molecule is CCCCC(CC(=O)O)c1ccc(S(=O)(=O)CCC)cc1OC. The Kier molecular flexibility index (Phi) is 7.55. The predicted molar refractivity (Wildman–Crippen MR) is 89.9 cm³/mol. The highest BCUT2D eigenvalue weighted by atomic mass is 32.2. The van der Waals surface area contributed by atoms with Crippen LogP contribution >= 0.6 is 0 Å². The van der Waals surface area contributed by atoms with Gasteiger partial charge in [-0.1, -0.05) is 32.8 Å². The average Bonchev–Trinajstić information content (AvgIpc) is 2.50. The summed E-state index contributed by atoms with van der Waals surface area (Å²) in [7, 11) is -1.84. The number of sulfone groups is 1. The molecule has 0 spiro atoms. The van der Waals surface area contributed by atoms with Crippen LogP contribution in [0.3, 0.4) is 0 Å². The van der Waals surface area contributed by atoms with Gasteiger partial charge < -0.3 is 9.84 Å². The molecule has 1 aromatic rings. The molecule has 130 valence electrons. The Hall–Kier alpha value is -1.56. The Labute approximate surface area is 138 Å². The van der Waals surface area contributed by atoms with Gasteiger partial charge in [-0.25, -0.2) is 8.42 Å². The number of hydrogen-bond donors (Lipinski definition) is 1. The van der Waals surface area contributed by atoms with Crippen molar-refractivity contribution in [1.82, 2.24) is 0 Å². The van der Waals surface area contributed by atoms with E-state index in [1.165, 1.54) is 13.2 Å². The lowest BCUT2D eigenvalue weighted by Crippen LogP contribution is -2.10.